The van der Waals surface area contributed by atoms with Crippen molar-refractivity contribution in [1.29, 1.82) is 0 Å². The molecule has 5 nitrogen and oxygen atoms in total. The van der Waals surface area contributed by atoms with E-state index in [-0.39, 0.29) is 24.5 Å². The van der Waals surface area contributed by atoms with Crippen molar-refractivity contribution in [3.8, 4) is 0 Å². The van der Waals surface area contributed by atoms with E-state index in [9.17, 15) is 14.7 Å². The van der Waals surface area contributed by atoms with Gasteiger partial charge in [0.2, 0.25) is 5.91 Å². The number of pyridine rings is 1. The summed E-state index contributed by atoms with van der Waals surface area (Å²) in [5, 5.41) is 12.5. The van der Waals surface area contributed by atoms with Crippen LogP contribution in [0.15, 0.2) is 29.2 Å². The Bertz CT molecular complexity index is 504. The average Bonchev–Trinajstić information content (AvgIpc) is 2.47. The number of hydrogen-bond donors (Lipinski definition) is 2. The van der Waals surface area contributed by atoms with Crippen molar-refractivity contribution in [2.24, 2.45) is 0 Å². The zero-order valence-electron chi connectivity index (χ0n) is 11.7. The average molecular weight is 278 g/mol. The molecule has 1 aliphatic carbocycles. The van der Waals surface area contributed by atoms with Crippen LogP contribution in [-0.2, 0) is 11.3 Å². The van der Waals surface area contributed by atoms with Crippen LogP contribution in [0, 0.1) is 0 Å². The number of aliphatic hydroxyl groups is 1. The summed E-state index contributed by atoms with van der Waals surface area (Å²) in [4.78, 5) is 23.6. The molecule has 5 heteroatoms. The van der Waals surface area contributed by atoms with Crippen LogP contribution in [0.5, 0.6) is 0 Å². The second kappa shape index (κ2) is 6.70. The van der Waals surface area contributed by atoms with Gasteiger partial charge in [0.25, 0.3) is 5.56 Å². The van der Waals surface area contributed by atoms with Crippen LogP contribution >= 0.6 is 0 Å². The molecule has 0 bridgehead atoms. The Kier molecular flexibility index (Phi) is 4.95. The predicted molar refractivity (Wildman–Crippen MR) is 76.4 cm³/mol. The standard InChI is InChI=1S/C15H22N2O3/c18-12-15(8-3-1-4-9-15)16-13(19)7-11-17-10-5-2-6-14(17)20/h2,5-6,10,18H,1,3-4,7-9,11-12H2,(H,16,19). The number of hydrogen-bond acceptors (Lipinski definition) is 3. The molecule has 110 valence electrons. The smallest absolute Gasteiger partial charge is 0.250 e. The van der Waals surface area contributed by atoms with E-state index in [1.54, 1.807) is 18.3 Å². The quantitative estimate of drug-likeness (QED) is 0.845. The van der Waals surface area contributed by atoms with Crippen molar-refractivity contribution in [2.75, 3.05) is 6.61 Å². The first-order valence-corrected chi connectivity index (χ1v) is 7.23. The molecule has 1 saturated carbocycles. The summed E-state index contributed by atoms with van der Waals surface area (Å²) in [5.41, 5.74) is -0.549. The molecular formula is C15H22N2O3. The Labute approximate surface area is 118 Å². The molecule has 1 aromatic rings. The molecule has 0 unspecified atom stereocenters. The van der Waals surface area contributed by atoms with Crippen LogP contribution < -0.4 is 10.9 Å². The number of nitrogens with one attached hydrogen (secondary N) is 1. The van der Waals surface area contributed by atoms with Gasteiger partial charge in [0.1, 0.15) is 0 Å². The third-order valence-electron chi connectivity index (χ3n) is 4.00. The lowest BCUT2D eigenvalue weighted by atomic mass is 9.82. The van der Waals surface area contributed by atoms with Crippen LogP contribution in [-0.4, -0.2) is 27.7 Å². The van der Waals surface area contributed by atoms with Crippen molar-refractivity contribution >= 4 is 5.91 Å². The second-order valence-corrected chi connectivity index (χ2v) is 5.53. The fraction of sp³-hybridized carbons (Fsp3) is 0.600. The van der Waals surface area contributed by atoms with Gasteiger partial charge in [0, 0.05) is 25.2 Å². The first-order chi connectivity index (χ1) is 9.65. The van der Waals surface area contributed by atoms with E-state index in [0.717, 1.165) is 32.1 Å². The highest BCUT2D eigenvalue weighted by Crippen LogP contribution is 2.27. The Hall–Kier alpha value is -1.62. The Morgan fingerprint density at radius 3 is 2.70 bits per heavy atom. The summed E-state index contributed by atoms with van der Waals surface area (Å²) >= 11 is 0. The maximum absolute atomic E-state index is 12.0. The van der Waals surface area contributed by atoms with Gasteiger partial charge in [0.15, 0.2) is 0 Å². The van der Waals surface area contributed by atoms with Crippen molar-refractivity contribution in [3.05, 3.63) is 34.7 Å². The summed E-state index contributed by atoms with van der Waals surface area (Å²) < 4.78 is 1.52. The van der Waals surface area contributed by atoms with E-state index in [0.29, 0.717) is 6.54 Å². The number of carbonyl (C=O) groups excluding carboxylic acids is 1. The highest BCUT2D eigenvalue weighted by atomic mass is 16.3. The first kappa shape index (κ1) is 14.8. The molecule has 0 spiro atoms. The lowest BCUT2D eigenvalue weighted by Crippen LogP contribution is -2.52. The number of aromatic nitrogens is 1. The monoisotopic (exact) mass is 278 g/mol. The zero-order valence-corrected chi connectivity index (χ0v) is 11.7. The normalized spacial score (nSPS) is 17.6. The van der Waals surface area contributed by atoms with Gasteiger partial charge in [-0.15, -0.1) is 0 Å². The number of nitrogens with zero attached hydrogens (tertiary/aromatic N) is 1. The molecule has 1 aliphatic rings. The predicted octanol–water partition coefficient (Wildman–Crippen LogP) is 1.05. The summed E-state index contributed by atoms with van der Waals surface area (Å²) in [6.45, 7) is 0.358. The fourth-order valence-electron chi connectivity index (χ4n) is 2.78. The number of aliphatic hydroxyl groups excluding tert-OH is 1. The number of carbonyl (C=O) groups is 1. The number of aryl methyl sites for hydroxylation is 1. The van der Waals surface area contributed by atoms with Crippen LogP contribution in [0.1, 0.15) is 38.5 Å². The highest BCUT2D eigenvalue weighted by molar-refractivity contribution is 5.76. The van der Waals surface area contributed by atoms with Gasteiger partial charge in [-0.3, -0.25) is 9.59 Å². The lowest BCUT2D eigenvalue weighted by Gasteiger charge is -2.36. The molecule has 2 N–H and O–H groups in total. The SMILES string of the molecule is O=C(CCn1ccccc1=O)NC1(CO)CCCCC1. The summed E-state index contributed by atoms with van der Waals surface area (Å²) in [6, 6.07) is 4.94. The largest absolute Gasteiger partial charge is 0.394 e. The minimum Gasteiger partial charge on any atom is -0.394 e. The minimum atomic E-state index is -0.447. The van der Waals surface area contributed by atoms with E-state index in [1.165, 1.54) is 10.6 Å². The van der Waals surface area contributed by atoms with Crippen molar-refractivity contribution in [1.82, 2.24) is 9.88 Å². The van der Waals surface area contributed by atoms with Crippen molar-refractivity contribution in [2.45, 2.75) is 50.6 Å². The van der Waals surface area contributed by atoms with Crippen LogP contribution in [0.3, 0.4) is 0 Å². The summed E-state index contributed by atoms with van der Waals surface area (Å²) in [6.07, 6.45) is 6.85. The van der Waals surface area contributed by atoms with Crippen LogP contribution in [0.2, 0.25) is 0 Å². The summed E-state index contributed by atoms with van der Waals surface area (Å²) in [5.74, 6) is -0.100. The van der Waals surface area contributed by atoms with Crippen LogP contribution in [0.25, 0.3) is 0 Å². The number of rotatable bonds is 5. The third-order valence-corrected chi connectivity index (χ3v) is 4.00. The van der Waals surface area contributed by atoms with Crippen LogP contribution in [0.4, 0.5) is 0 Å². The molecule has 1 amide bonds. The maximum Gasteiger partial charge on any atom is 0.250 e. The molecule has 20 heavy (non-hydrogen) atoms. The van der Waals surface area contributed by atoms with E-state index < -0.39 is 5.54 Å². The maximum atomic E-state index is 12.0. The van der Waals surface area contributed by atoms with Gasteiger partial charge in [-0.2, -0.15) is 0 Å². The second-order valence-electron chi connectivity index (χ2n) is 5.53. The van der Waals surface area contributed by atoms with Crippen molar-refractivity contribution in [3.63, 3.8) is 0 Å². The van der Waals surface area contributed by atoms with Gasteiger partial charge in [0.05, 0.1) is 12.1 Å². The molecule has 0 aromatic carbocycles. The minimum absolute atomic E-state index is 0.00990. The van der Waals surface area contributed by atoms with Gasteiger partial charge in [-0.25, -0.2) is 0 Å². The molecule has 1 fully saturated rings. The number of amides is 1. The fourth-order valence-corrected chi connectivity index (χ4v) is 2.78. The molecular weight excluding hydrogens is 256 g/mol. The topological polar surface area (TPSA) is 71.3 Å². The van der Waals surface area contributed by atoms with Gasteiger partial charge >= 0.3 is 0 Å². The summed E-state index contributed by atoms with van der Waals surface area (Å²) in [7, 11) is 0. The van der Waals surface area contributed by atoms with Gasteiger partial charge in [-0.1, -0.05) is 25.3 Å². The molecule has 1 aromatic heterocycles. The van der Waals surface area contributed by atoms with Gasteiger partial charge in [-0.05, 0) is 18.9 Å². The highest BCUT2D eigenvalue weighted by Gasteiger charge is 2.32. The Balaban J connectivity index is 1.89. The molecule has 0 atom stereocenters. The van der Waals surface area contributed by atoms with E-state index in [2.05, 4.69) is 5.32 Å². The molecule has 1 heterocycles. The van der Waals surface area contributed by atoms with Crippen molar-refractivity contribution < 1.29 is 9.90 Å². The Morgan fingerprint density at radius 2 is 2.05 bits per heavy atom. The molecule has 0 radical (unpaired) electrons. The van der Waals surface area contributed by atoms with E-state index >= 15 is 0 Å². The van der Waals surface area contributed by atoms with E-state index in [1.807, 2.05) is 0 Å². The van der Waals surface area contributed by atoms with E-state index in [4.69, 9.17) is 0 Å². The third kappa shape index (κ3) is 3.70. The Morgan fingerprint density at radius 1 is 1.30 bits per heavy atom. The first-order valence-electron chi connectivity index (χ1n) is 7.23. The molecule has 2 rings (SSSR count). The zero-order chi connectivity index (χ0) is 14.4. The van der Waals surface area contributed by atoms with Gasteiger partial charge < -0.3 is 15.0 Å². The lowest BCUT2D eigenvalue weighted by molar-refractivity contribution is -0.124. The molecule has 0 aliphatic heterocycles. The molecule has 0 saturated heterocycles.